The van der Waals surface area contributed by atoms with Gasteiger partial charge in [0, 0.05) is 17.0 Å². The third-order valence-electron chi connectivity index (χ3n) is 2.64. The van der Waals surface area contributed by atoms with E-state index >= 15 is 0 Å². The third-order valence-corrected chi connectivity index (χ3v) is 4.50. The van der Waals surface area contributed by atoms with Gasteiger partial charge < -0.3 is 0 Å². The van der Waals surface area contributed by atoms with Crippen LogP contribution in [-0.4, -0.2) is 26.5 Å². The molecule has 0 saturated carbocycles. The van der Waals surface area contributed by atoms with Gasteiger partial charge in [-0.3, -0.25) is 9.20 Å². The zero-order valence-electron chi connectivity index (χ0n) is 10.9. The number of carbonyl (C=O) groups excluding carboxylic acids is 1. The van der Waals surface area contributed by atoms with Gasteiger partial charge in [0.1, 0.15) is 5.69 Å². The first-order chi connectivity index (χ1) is 10.1. The van der Waals surface area contributed by atoms with Gasteiger partial charge in [0.2, 0.25) is 5.91 Å². The maximum Gasteiger partial charge on any atom is 0.246 e. The fourth-order valence-electron chi connectivity index (χ4n) is 1.75. The van der Waals surface area contributed by atoms with Crippen LogP contribution >= 0.6 is 34.3 Å². The number of carbonyl (C=O) groups is 1. The summed E-state index contributed by atoms with van der Waals surface area (Å²) in [4.78, 5) is 20.9. The van der Waals surface area contributed by atoms with Crippen LogP contribution in [0, 0.1) is 6.92 Å². The lowest BCUT2D eigenvalue weighted by atomic mass is 10.3. The number of aromatic nitrogens is 3. The molecule has 0 aliphatic heterocycles. The fraction of sp³-hybridized carbons (Fsp3) is 0.167. The van der Waals surface area contributed by atoms with Gasteiger partial charge in [-0.1, -0.05) is 11.6 Å². The van der Waals surface area contributed by atoms with E-state index in [2.05, 4.69) is 20.5 Å². The monoisotopic (exact) mass is 339 g/mol. The first kappa shape index (κ1) is 14.2. The lowest BCUT2D eigenvalue weighted by Crippen LogP contribution is -2.20. The van der Waals surface area contributed by atoms with E-state index in [0.29, 0.717) is 10.8 Å². The number of nitrogens with zero attached hydrogens (tertiary/aromatic N) is 4. The van der Waals surface area contributed by atoms with Crippen molar-refractivity contribution in [2.75, 3.05) is 0 Å². The maximum atomic E-state index is 11.7. The highest BCUT2D eigenvalue weighted by molar-refractivity contribution is 7.15. The molecule has 0 atom stereocenters. The predicted molar refractivity (Wildman–Crippen MR) is 84.4 cm³/mol. The normalized spacial score (nSPS) is 11.5. The van der Waals surface area contributed by atoms with E-state index in [1.165, 1.54) is 28.9 Å². The highest BCUT2D eigenvalue weighted by Gasteiger charge is 2.09. The van der Waals surface area contributed by atoms with Crippen molar-refractivity contribution in [2.24, 2.45) is 5.10 Å². The van der Waals surface area contributed by atoms with Gasteiger partial charge >= 0.3 is 0 Å². The van der Waals surface area contributed by atoms with Gasteiger partial charge in [-0.05, 0) is 6.92 Å². The number of thiazole rings is 2. The van der Waals surface area contributed by atoms with Crippen molar-refractivity contribution in [1.29, 1.82) is 0 Å². The molecule has 3 aromatic rings. The van der Waals surface area contributed by atoms with E-state index in [1.807, 2.05) is 28.3 Å². The number of rotatable bonds is 4. The minimum Gasteiger partial charge on any atom is -0.288 e. The van der Waals surface area contributed by atoms with Gasteiger partial charge in [0.05, 0.1) is 23.3 Å². The Morgan fingerprint density at radius 2 is 2.38 bits per heavy atom. The van der Waals surface area contributed by atoms with Crippen LogP contribution in [0.5, 0.6) is 0 Å². The van der Waals surface area contributed by atoms with Crippen molar-refractivity contribution >= 4 is 51.4 Å². The largest absolute Gasteiger partial charge is 0.288 e. The second-order valence-corrected chi connectivity index (χ2v) is 6.46. The van der Waals surface area contributed by atoms with Crippen molar-refractivity contribution in [3.63, 3.8) is 0 Å². The third kappa shape index (κ3) is 3.12. The van der Waals surface area contributed by atoms with Gasteiger partial charge in [0.15, 0.2) is 10.1 Å². The molecule has 0 spiro atoms. The van der Waals surface area contributed by atoms with E-state index in [1.54, 1.807) is 0 Å². The minimum absolute atomic E-state index is 0.204. The molecule has 1 amide bonds. The van der Waals surface area contributed by atoms with E-state index in [4.69, 9.17) is 11.6 Å². The van der Waals surface area contributed by atoms with E-state index in [0.717, 1.165) is 15.7 Å². The molecular weight excluding hydrogens is 330 g/mol. The average Bonchev–Trinajstić information content (AvgIpc) is 3.09. The summed E-state index contributed by atoms with van der Waals surface area (Å²) in [6, 6.07) is 0. The number of imidazole rings is 1. The lowest BCUT2D eigenvalue weighted by molar-refractivity contribution is -0.120. The summed E-state index contributed by atoms with van der Waals surface area (Å²) in [6.07, 6.45) is 3.54. The molecule has 0 aromatic carbocycles. The number of hydrogen-bond donors (Lipinski definition) is 1. The Morgan fingerprint density at radius 3 is 3.14 bits per heavy atom. The number of nitrogens with one attached hydrogen (secondary N) is 1. The van der Waals surface area contributed by atoms with Gasteiger partial charge in [-0.2, -0.15) is 5.10 Å². The summed E-state index contributed by atoms with van der Waals surface area (Å²) >= 11 is 9.01. The first-order valence-corrected chi connectivity index (χ1v) is 8.11. The van der Waals surface area contributed by atoms with Crippen LogP contribution in [0.15, 0.2) is 22.1 Å². The number of fused-ring (bicyclic) bond motifs is 1. The summed E-state index contributed by atoms with van der Waals surface area (Å²) < 4.78 is 1.81. The van der Waals surface area contributed by atoms with Gasteiger partial charge in [-0.15, -0.1) is 22.7 Å². The van der Waals surface area contributed by atoms with Crippen LogP contribution in [0.2, 0.25) is 5.15 Å². The Hall–Kier alpha value is -1.77. The molecule has 0 fully saturated rings. The van der Waals surface area contributed by atoms with Crippen LogP contribution < -0.4 is 5.43 Å². The molecule has 0 bridgehead atoms. The molecule has 0 aliphatic carbocycles. The standard InChI is InChI=1S/C12H10ClN5OS2/c1-7-15-8(6-21-7)4-10(19)17-14-5-9-11(13)16-12-18(9)2-3-20-12/h2-3,5-6H,4H2,1H3,(H,17,19)/b14-5-. The van der Waals surface area contributed by atoms with Crippen molar-refractivity contribution in [1.82, 2.24) is 19.8 Å². The van der Waals surface area contributed by atoms with Crippen molar-refractivity contribution in [2.45, 2.75) is 13.3 Å². The number of aryl methyl sites for hydroxylation is 1. The molecule has 0 aliphatic rings. The number of hydrazone groups is 1. The molecule has 1 N–H and O–H groups in total. The van der Waals surface area contributed by atoms with Crippen LogP contribution in [0.4, 0.5) is 0 Å². The second-order valence-electron chi connectivity index (χ2n) is 4.17. The molecule has 0 saturated heterocycles. The maximum absolute atomic E-state index is 11.7. The van der Waals surface area contributed by atoms with Crippen LogP contribution in [0.1, 0.15) is 16.4 Å². The Bertz CT molecular complexity index is 819. The zero-order valence-corrected chi connectivity index (χ0v) is 13.3. The van der Waals surface area contributed by atoms with Crippen molar-refractivity contribution in [3.05, 3.63) is 38.5 Å². The molecule has 108 valence electrons. The second kappa shape index (κ2) is 5.92. The smallest absolute Gasteiger partial charge is 0.246 e. The summed E-state index contributed by atoms with van der Waals surface area (Å²) in [5.41, 5.74) is 3.84. The highest BCUT2D eigenvalue weighted by atomic mass is 35.5. The Morgan fingerprint density at radius 1 is 1.52 bits per heavy atom. The summed E-state index contributed by atoms with van der Waals surface area (Å²) in [5, 5.41) is 8.98. The van der Waals surface area contributed by atoms with Crippen molar-refractivity contribution in [3.8, 4) is 0 Å². The number of halogens is 1. The quantitative estimate of drug-likeness (QED) is 0.586. The van der Waals surface area contributed by atoms with Crippen molar-refractivity contribution < 1.29 is 4.79 Å². The molecule has 0 unspecified atom stereocenters. The average molecular weight is 340 g/mol. The Labute approximate surface area is 133 Å². The lowest BCUT2D eigenvalue weighted by Gasteiger charge is -1.97. The fourth-order valence-corrected chi connectivity index (χ4v) is 3.35. The topological polar surface area (TPSA) is 71.7 Å². The molecule has 3 aromatic heterocycles. The summed E-state index contributed by atoms with van der Waals surface area (Å²) in [6.45, 7) is 1.90. The Balaban J connectivity index is 1.65. The zero-order chi connectivity index (χ0) is 14.8. The highest BCUT2D eigenvalue weighted by Crippen LogP contribution is 2.19. The number of amides is 1. The van der Waals surface area contributed by atoms with E-state index in [-0.39, 0.29) is 12.3 Å². The molecule has 3 heterocycles. The SMILES string of the molecule is Cc1nc(CC(=O)N/N=C\c2c(Cl)nc3sccn23)cs1. The van der Waals surface area contributed by atoms with Gasteiger partial charge in [-0.25, -0.2) is 15.4 Å². The summed E-state index contributed by atoms with van der Waals surface area (Å²) in [5.74, 6) is -0.223. The summed E-state index contributed by atoms with van der Waals surface area (Å²) in [7, 11) is 0. The molecule has 0 radical (unpaired) electrons. The molecule has 6 nitrogen and oxygen atoms in total. The van der Waals surface area contributed by atoms with Gasteiger partial charge in [0.25, 0.3) is 0 Å². The molecular formula is C12H10ClN5OS2. The van der Waals surface area contributed by atoms with E-state index < -0.39 is 0 Å². The molecule has 21 heavy (non-hydrogen) atoms. The molecule has 9 heteroatoms. The first-order valence-electron chi connectivity index (χ1n) is 5.97. The van der Waals surface area contributed by atoms with Crippen LogP contribution in [-0.2, 0) is 11.2 Å². The molecule has 3 rings (SSSR count). The van der Waals surface area contributed by atoms with Crippen LogP contribution in [0.25, 0.3) is 4.96 Å². The predicted octanol–water partition coefficient (Wildman–Crippen LogP) is 2.51. The minimum atomic E-state index is -0.223. The van der Waals surface area contributed by atoms with E-state index in [9.17, 15) is 4.79 Å². The Kier molecular flexibility index (Phi) is 4.00. The number of hydrogen-bond acceptors (Lipinski definition) is 6. The van der Waals surface area contributed by atoms with Crippen LogP contribution in [0.3, 0.4) is 0 Å².